The second-order valence-electron chi connectivity index (χ2n) is 7.53. The molecule has 1 atom stereocenters. The third kappa shape index (κ3) is 3.50. The van der Waals surface area contributed by atoms with Crippen LogP contribution >= 0.6 is 0 Å². The van der Waals surface area contributed by atoms with Crippen molar-refractivity contribution in [1.29, 1.82) is 0 Å². The molecule has 1 saturated heterocycles. The number of benzene rings is 2. The fraction of sp³-hybridized carbons (Fsp3) is 0.318. The van der Waals surface area contributed by atoms with Crippen molar-refractivity contribution in [3.63, 3.8) is 0 Å². The van der Waals surface area contributed by atoms with Crippen molar-refractivity contribution in [2.24, 2.45) is 5.92 Å². The highest BCUT2D eigenvalue weighted by Gasteiger charge is 2.24. The van der Waals surface area contributed by atoms with Gasteiger partial charge in [0.15, 0.2) is 0 Å². The van der Waals surface area contributed by atoms with E-state index >= 15 is 0 Å². The van der Waals surface area contributed by atoms with Gasteiger partial charge in [0.25, 0.3) is 5.91 Å². The minimum absolute atomic E-state index is 0.141. The van der Waals surface area contributed by atoms with Gasteiger partial charge >= 0.3 is 0 Å². The highest BCUT2D eigenvalue weighted by molar-refractivity contribution is 5.97. The molecule has 0 saturated carbocycles. The zero-order chi connectivity index (χ0) is 19.7. The fourth-order valence-electron chi connectivity index (χ4n) is 3.61. The van der Waals surface area contributed by atoms with Crippen molar-refractivity contribution < 1.29 is 9.59 Å². The maximum atomic E-state index is 12.8. The molecule has 1 aliphatic rings. The van der Waals surface area contributed by atoms with Crippen LogP contribution < -0.4 is 10.2 Å². The lowest BCUT2D eigenvalue weighted by Crippen LogP contribution is -2.32. The standard InChI is InChI=1S/C22H24N4O2/c1-14(2)20(21-23-17-6-3-4-7-18(17)24-21)25-22(28)15-9-11-16(12-10-15)26-13-5-8-19(26)27/h3-4,6-7,9-12,14,20H,5,8,13H2,1-2H3,(H,23,24)(H,25,28). The second kappa shape index (κ2) is 7.46. The molecule has 28 heavy (non-hydrogen) atoms. The van der Waals surface area contributed by atoms with Crippen molar-refractivity contribution in [1.82, 2.24) is 15.3 Å². The van der Waals surface area contributed by atoms with E-state index in [-0.39, 0.29) is 23.8 Å². The highest BCUT2D eigenvalue weighted by atomic mass is 16.2. The summed E-state index contributed by atoms with van der Waals surface area (Å²) in [5.74, 6) is 0.912. The first-order chi connectivity index (χ1) is 13.5. The molecular weight excluding hydrogens is 352 g/mol. The van der Waals surface area contributed by atoms with Crippen LogP contribution in [0.4, 0.5) is 5.69 Å². The number of carbonyl (C=O) groups excluding carboxylic acids is 2. The van der Waals surface area contributed by atoms with E-state index in [2.05, 4.69) is 29.1 Å². The summed E-state index contributed by atoms with van der Waals surface area (Å²) in [7, 11) is 0. The molecule has 1 unspecified atom stereocenters. The lowest BCUT2D eigenvalue weighted by molar-refractivity contribution is -0.117. The third-order valence-electron chi connectivity index (χ3n) is 5.17. The molecule has 144 valence electrons. The van der Waals surface area contributed by atoms with Crippen LogP contribution in [0.15, 0.2) is 48.5 Å². The minimum Gasteiger partial charge on any atom is -0.342 e. The van der Waals surface area contributed by atoms with E-state index in [4.69, 9.17) is 0 Å². The Labute approximate surface area is 164 Å². The topological polar surface area (TPSA) is 78.1 Å². The summed E-state index contributed by atoms with van der Waals surface area (Å²) in [5, 5.41) is 3.09. The van der Waals surface area contributed by atoms with Crippen molar-refractivity contribution in [3.05, 3.63) is 59.9 Å². The summed E-state index contributed by atoms with van der Waals surface area (Å²) >= 11 is 0. The van der Waals surface area contributed by atoms with Crippen LogP contribution in [-0.4, -0.2) is 28.3 Å². The SMILES string of the molecule is CC(C)C(NC(=O)c1ccc(N2CCCC2=O)cc1)c1nc2ccccc2[nH]1. The number of imidazole rings is 1. The average Bonchev–Trinajstić information content (AvgIpc) is 3.31. The summed E-state index contributed by atoms with van der Waals surface area (Å²) in [6, 6.07) is 14.8. The van der Waals surface area contributed by atoms with Crippen LogP contribution in [0.2, 0.25) is 0 Å². The number of hydrogen-bond donors (Lipinski definition) is 2. The van der Waals surface area contributed by atoms with Gasteiger partial charge in [0.1, 0.15) is 5.82 Å². The summed E-state index contributed by atoms with van der Waals surface area (Å²) in [5.41, 5.74) is 3.25. The van der Waals surface area contributed by atoms with Gasteiger partial charge in [-0.2, -0.15) is 0 Å². The van der Waals surface area contributed by atoms with Gasteiger partial charge in [-0.15, -0.1) is 0 Å². The highest BCUT2D eigenvalue weighted by Crippen LogP contribution is 2.24. The number of nitrogens with zero attached hydrogens (tertiary/aromatic N) is 2. The van der Waals surface area contributed by atoms with Gasteiger partial charge in [-0.3, -0.25) is 9.59 Å². The Balaban J connectivity index is 1.52. The smallest absolute Gasteiger partial charge is 0.251 e. The van der Waals surface area contributed by atoms with Crippen LogP contribution in [0.1, 0.15) is 48.9 Å². The molecule has 2 heterocycles. The monoisotopic (exact) mass is 376 g/mol. The Kier molecular flexibility index (Phi) is 4.86. The molecule has 3 aromatic rings. The number of para-hydroxylation sites is 2. The van der Waals surface area contributed by atoms with Crippen LogP contribution in [0.5, 0.6) is 0 Å². The van der Waals surface area contributed by atoms with E-state index in [1.807, 2.05) is 36.4 Å². The van der Waals surface area contributed by atoms with E-state index in [0.29, 0.717) is 12.0 Å². The van der Waals surface area contributed by atoms with E-state index in [9.17, 15) is 9.59 Å². The zero-order valence-corrected chi connectivity index (χ0v) is 16.1. The largest absolute Gasteiger partial charge is 0.342 e. The number of H-pyrrole nitrogens is 1. The first kappa shape index (κ1) is 18.2. The molecule has 1 aromatic heterocycles. The van der Waals surface area contributed by atoms with E-state index < -0.39 is 0 Å². The molecule has 2 amide bonds. The Hall–Kier alpha value is -3.15. The Morgan fingerprint density at radius 3 is 2.54 bits per heavy atom. The number of aromatic nitrogens is 2. The molecule has 4 rings (SSSR count). The molecule has 0 aliphatic carbocycles. The Morgan fingerprint density at radius 2 is 1.89 bits per heavy atom. The van der Waals surface area contributed by atoms with Gasteiger partial charge in [0.2, 0.25) is 5.91 Å². The minimum atomic E-state index is -0.222. The summed E-state index contributed by atoms with van der Waals surface area (Å²) in [6.45, 7) is 4.85. The van der Waals surface area contributed by atoms with Crippen LogP contribution in [0.3, 0.4) is 0 Å². The van der Waals surface area contributed by atoms with Crippen molar-refractivity contribution >= 4 is 28.5 Å². The molecule has 6 heteroatoms. The van der Waals surface area contributed by atoms with Crippen molar-refractivity contribution in [3.8, 4) is 0 Å². The first-order valence-electron chi connectivity index (χ1n) is 9.69. The van der Waals surface area contributed by atoms with Gasteiger partial charge in [-0.05, 0) is 48.7 Å². The van der Waals surface area contributed by atoms with Gasteiger partial charge in [0, 0.05) is 24.2 Å². The number of anilines is 1. The number of amides is 2. The first-order valence-corrected chi connectivity index (χ1v) is 9.69. The maximum Gasteiger partial charge on any atom is 0.251 e. The predicted octanol–water partition coefficient (Wildman–Crippen LogP) is 3.82. The Morgan fingerprint density at radius 1 is 1.14 bits per heavy atom. The average molecular weight is 376 g/mol. The molecule has 1 fully saturated rings. The number of fused-ring (bicyclic) bond motifs is 1. The van der Waals surface area contributed by atoms with Crippen LogP contribution in [-0.2, 0) is 4.79 Å². The number of aromatic amines is 1. The van der Waals surface area contributed by atoms with Crippen LogP contribution in [0, 0.1) is 5.92 Å². The van der Waals surface area contributed by atoms with Gasteiger partial charge in [-0.1, -0.05) is 26.0 Å². The number of rotatable bonds is 5. The van der Waals surface area contributed by atoms with Gasteiger partial charge < -0.3 is 15.2 Å². The summed E-state index contributed by atoms with van der Waals surface area (Å²) in [6.07, 6.45) is 1.48. The zero-order valence-electron chi connectivity index (χ0n) is 16.1. The molecule has 1 aliphatic heterocycles. The predicted molar refractivity (Wildman–Crippen MR) is 109 cm³/mol. The van der Waals surface area contributed by atoms with Gasteiger partial charge in [-0.25, -0.2) is 4.98 Å². The molecule has 0 spiro atoms. The van der Waals surface area contributed by atoms with E-state index in [0.717, 1.165) is 35.5 Å². The van der Waals surface area contributed by atoms with Crippen molar-refractivity contribution in [2.45, 2.75) is 32.7 Å². The molecule has 0 radical (unpaired) electrons. The third-order valence-corrected chi connectivity index (χ3v) is 5.17. The number of hydrogen-bond acceptors (Lipinski definition) is 3. The lowest BCUT2D eigenvalue weighted by atomic mass is 10.0. The maximum absolute atomic E-state index is 12.8. The normalized spacial score (nSPS) is 15.4. The Bertz CT molecular complexity index is 974. The van der Waals surface area contributed by atoms with Crippen LogP contribution in [0.25, 0.3) is 11.0 Å². The number of carbonyl (C=O) groups is 2. The van der Waals surface area contributed by atoms with Gasteiger partial charge in [0.05, 0.1) is 17.1 Å². The van der Waals surface area contributed by atoms with E-state index in [1.165, 1.54) is 0 Å². The molecule has 2 N–H and O–H groups in total. The lowest BCUT2D eigenvalue weighted by Gasteiger charge is -2.21. The summed E-state index contributed by atoms with van der Waals surface area (Å²) < 4.78 is 0. The summed E-state index contributed by atoms with van der Waals surface area (Å²) in [4.78, 5) is 34.4. The fourth-order valence-corrected chi connectivity index (χ4v) is 3.61. The second-order valence-corrected chi connectivity index (χ2v) is 7.53. The molecular formula is C22H24N4O2. The molecule has 2 aromatic carbocycles. The quantitative estimate of drug-likeness (QED) is 0.711. The van der Waals surface area contributed by atoms with Crippen molar-refractivity contribution in [2.75, 3.05) is 11.4 Å². The van der Waals surface area contributed by atoms with E-state index in [1.54, 1.807) is 17.0 Å². The molecule has 0 bridgehead atoms. The number of nitrogens with one attached hydrogen (secondary N) is 2. The molecule has 6 nitrogen and oxygen atoms in total.